The van der Waals surface area contributed by atoms with Crippen LogP contribution < -0.4 is 15.0 Å². The number of carbonyl (C=O) groups excluding carboxylic acids is 1. The molecule has 0 unspecified atom stereocenters. The van der Waals surface area contributed by atoms with Crippen molar-refractivity contribution in [2.75, 3.05) is 51.8 Å². The number of hydrogen-bond acceptors (Lipinski definition) is 8. The van der Waals surface area contributed by atoms with Gasteiger partial charge in [0.2, 0.25) is 0 Å². The molecular formula is C29H39N7O3. The van der Waals surface area contributed by atoms with Crippen LogP contribution in [-0.4, -0.2) is 78.1 Å². The van der Waals surface area contributed by atoms with E-state index in [2.05, 4.69) is 26.3 Å². The molecule has 0 atom stereocenters. The maximum absolute atomic E-state index is 12.6. The van der Waals surface area contributed by atoms with Gasteiger partial charge < -0.3 is 24.6 Å². The van der Waals surface area contributed by atoms with Crippen LogP contribution in [0.25, 0.3) is 16.6 Å². The Hall–Kier alpha value is -3.84. The highest BCUT2D eigenvalue weighted by atomic mass is 16.5. The average molecular weight is 534 g/mol. The second-order valence-corrected chi connectivity index (χ2v) is 11.7. The number of ether oxygens (including phenoxy) is 2. The van der Waals surface area contributed by atoms with Gasteiger partial charge in [0.05, 0.1) is 42.2 Å². The number of nitriles is 1. The Morgan fingerprint density at radius 2 is 1.97 bits per heavy atom. The Kier molecular flexibility index (Phi) is 8.31. The highest BCUT2D eigenvalue weighted by Crippen LogP contribution is 2.32. The van der Waals surface area contributed by atoms with Gasteiger partial charge in [0, 0.05) is 37.0 Å². The third-order valence-corrected chi connectivity index (χ3v) is 6.74. The molecule has 1 aliphatic heterocycles. The number of pyridine rings is 2. The van der Waals surface area contributed by atoms with Crippen LogP contribution in [0.2, 0.25) is 0 Å². The van der Waals surface area contributed by atoms with E-state index >= 15 is 0 Å². The van der Waals surface area contributed by atoms with E-state index in [4.69, 9.17) is 14.5 Å². The number of likely N-dealkylation sites (N-methyl/N-ethyl adjacent to an activating group) is 1. The van der Waals surface area contributed by atoms with Gasteiger partial charge in [-0.2, -0.15) is 10.4 Å². The molecule has 1 amide bonds. The summed E-state index contributed by atoms with van der Waals surface area (Å²) in [6.45, 7) is 11.2. The minimum absolute atomic E-state index is 0.0857. The second kappa shape index (κ2) is 11.5. The van der Waals surface area contributed by atoms with E-state index in [1.165, 1.54) is 0 Å². The predicted molar refractivity (Wildman–Crippen MR) is 151 cm³/mol. The van der Waals surface area contributed by atoms with Crippen LogP contribution in [0, 0.1) is 16.7 Å². The van der Waals surface area contributed by atoms with E-state index in [-0.39, 0.29) is 17.0 Å². The molecule has 208 valence electrons. The molecule has 0 saturated carbocycles. The Morgan fingerprint density at radius 1 is 1.23 bits per heavy atom. The fourth-order valence-corrected chi connectivity index (χ4v) is 5.00. The number of aromatic nitrogens is 3. The Bertz CT molecular complexity index is 1330. The van der Waals surface area contributed by atoms with Gasteiger partial charge in [-0.25, -0.2) is 14.3 Å². The van der Waals surface area contributed by atoms with Crippen molar-refractivity contribution in [2.24, 2.45) is 5.41 Å². The Morgan fingerprint density at radius 3 is 2.56 bits per heavy atom. The molecule has 0 aromatic carbocycles. The molecule has 4 rings (SSSR count). The van der Waals surface area contributed by atoms with E-state index in [9.17, 15) is 10.1 Å². The van der Waals surface area contributed by atoms with Crippen LogP contribution in [-0.2, 0) is 4.74 Å². The van der Waals surface area contributed by atoms with Gasteiger partial charge in [0.25, 0.3) is 0 Å². The van der Waals surface area contributed by atoms with Gasteiger partial charge in [0.15, 0.2) is 0 Å². The first-order chi connectivity index (χ1) is 18.5. The summed E-state index contributed by atoms with van der Waals surface area (Å²) in [5, 5.41) is 17.1. The molecule has 10 nitrogen and oxygen atoms in total. The first-order valence-electron chi connectivity index (χ1n) is 13.4. The van der Waals surface area contributed by atoms with Crippen LogP contribution in [0.4, 0.5) is 10.6 Å². The Labute approximate surface area is 230 Å². The number of hydrogen-bond donors (Lipinski definition) is 1. The van der Waals surface area contributed by atoms with E-state index < -0.39 is 0 Å². The van der Waals surface area contributed by atoms with Crippen LogP contribution in [0.1, 0.15) is 46.1 Å². The van der Waals surface area contributed by atoms with Crippen molar-refractivity contribution in [3.05, 3.63) is 42.4 Å². The first kappa shape index (κ1) is 28.2. The summed E-state index contributed by atoms with van der Waals surface area (Å²) >= 11 is 0. The van der Waals surface area contributed by atoms with Gasteiger partial charge in [-0.1, -0.05) is 20.8 Å². The van der Waals surface area contributed by atoms with Crippen molar-refractivity contribution >= 4 is 17.4 Å². The molecule has 0 radical (unpaired) electrons. The fourth-order valence-electron chi connectivity index (χ4n) is 5.00. The lowest BCUT2D eigenvalue weighted by Crippen LogP contribution is -2.60. The van der Waals surface area contributed by atoms with Crippen molar-refractivity contribution in [1.82, 2.24) is 24.8 Å². The summed E-state index contributed by atoms with van der Waals surface area (Å²) in [7, 11) is 4.04. The first-order valence-corrected chi connectivity index (χ1v) is 13.4. The summed E-state index contributed by atoms with van der Waals surface area (Å²) < 4.78 is 12.9. The molecule has 39 heavy (non-hydrogen) atoms. The number of nitrogens with zero attached hydrogens (tertiary/aromatic N) is 6. The van der Waals surface area contributed by atoms with E-state index in [1.54, 1.807) is 16.9 Å². The van der Waals surface area contributed by atoms with Gasteiger partial charge in [-0.05, 0) is 57.5 Å². The number of carbonyl (C=O) groups is 1. The minimum atomic E-state index is -0.365. The number of alkyl carbamates (subject to hydrolysis) is 1. The van der Waals surface area contributed by atoms with Crippen molar-refractivity contribution in [3.8, 4) is 22.9 Å². The van der Waals surface area contributed by atoms with E-state index in [0.717, 1.165) is 54.9 Å². The number of amides is 1. The van der Waals surface area contributed by atoms with Crippen LogP contribution in [0.5, 0.6) is 5.75 Å². The number of piperidine rings is 1. The average Bonchev–Trinajstić information content (AvgIpc) is 3.30. The SMILES string of the molecule is CCOc1cc(-c2ccc(N3CCC(CN(C)C)(NC(=O)OCC(C)(C)C)CC3)nc2)c2c(C#N)cnn2c1. The molecule has 0 aliphatic carbocycles. The molecular weight excluding hydrogens is 494 g/mol. The lowest BCUT2D eigenvalue weighted by Gasteiger charge is -2.43. The van der Waals surface area contributed by atoms with Crippen LogP contribution in [0.15, 0.2) is 36.8 Å². The standard InChI is InChI=1S/C29H39N7O3/c1-7-38-23-14-24(26-22(15-30)17-32-36(26)18-23)21-8-9-25(31-16-21)35-12-10-29(11-13-35,19-34(5)6)33-27(37)39-20-28(2,3)4/h8-9,14,16-18H,7,10-13,19-20H2,1-6H3,(H,33,37). The largest absolute Gasteiger partial charge is 0.492 e. The van der Waals surface area contributed by atoms with Gasteiger partial charge in [-0.15, -0.1) is 0 Å². The molecule has 4 heterocycles. The summed E-state index contributed by atoms with van der Waals surface area (Å²) in [6, 6.07) is 8.18. The quantitative estimate of drug-likeness (QED) is 0.456. The smallest absolute Gasteiger partial charge is 0.407 e. The minimum Gasteiger partial charge on any atom is -0.492 e. The number of nitrogens with one attached hydrogen (secondary N) is 1. The zero-order valence-corrected chi connectivity index (χ0v) is 23.8. The molecule has 3 aromatic heterocycles. The maximum atomic E-state index is 12.6. The molecule has 1 saturated heterocycles. The summed E-state index contributed by atoms with van der Waals surface area (Å²) in [4.78, 5) is 21.8. The monoisotopic (exact) mass is 533 g/mol. The summed E-state index contributed by atoms with van der Waals surface area (Å²) in [6.07, 6.45) is 6.37. The Balaban J connectivity index is 1.50. The topological polar surface area (TPSA) is 108 Å². The zero-order chi connectivity index (χ0) is 28.2. The molecule has 0 bridgehead atoms. The summed E-state index contributed by atoms with van der Waals surface area (Å²) in [5.41, 5.74) is 2.50. The molecule has 0 spiro atoms. The molecule has 1 N–H and O–H groups in total. The van der Waals surface area contributed by atoms with Gasteiger partial charge in [0.1, 0.15) is 17.6 Å². The van der Waals surface area contributed by atoms with Gasteiger partial charge in [-0.3, -0.25) is 0 Å². The molecule has 10 heteroatoms. The van der Waals surface area contributed by atoms with Crippen molar-refractivity contribution in [1.29, 1.82) is 5.26 Å². The third-order valence-electron chi connectivity index (χ3n) is 6.74. The lowest BCUT2D eigenvalue weighted by atomic mass is 9.87. The van der Waals surface area contributed by atoms with Crippen molar-refractivity contribution in [3.63, 3.8) is 0 Å². The number of fused-ring (bicyclic) bond motifs is 1. The van der Waals surface area contributed by atoms with Gasteiger partial charge >= 0.3 is 6.09 Å². The third kappa shape index (κ3) is 6.79. The lowest BCUT2D eigenvalue weighted by molar-refractivity contribution is 0.0880. The van der Waals surface area contributed by atoms with Crippen molar-refractivity contribution in [2.45, 2.75) is 46.1 Å². The van der Waals surface area contributed by atoms with Crippen LogP contribution in [0.3, 0.4) is 0 Å². The molecule has 3 aromatic rings. The zero-order valence-electron chi connectivity index (χ0n) is 23.8. The van der Waals surface area contributed by atoms with Crippen LogP contribution >= 0.6 is 0 Å². The predicted octanol–water partition coefficient (Wildman–Crippen LogP) is 4.34. The van der Waals surface area contributed by atoms with E-state index in [1.807, 2.05) is 66.2 Å². The normalized spacial score (nSPS) is 15.3. The highest BCUT2D eigenvalue weighted by Gasteiger charge is 2.37. The fraction of sp³-hybridized carbons (Fsp3) is 0.517. The number of rotatable bonds is 8. The highest BCUT2D eigenvalue weighted by molar-refractivity contribution is 5.85. The number of anilines is 1. The summed E-state index contributed by atoms with van der Waals surface area (Å²) in [5.74, 6) is 1.55. The molecule has 1 fully saturated rings. The second-order valence-electron chi connectivity index (χ2n) is 11.7. The van der Waals surface area contributed by atoms with Crippen molar-refractivity contribution < 1.29 is 14.3 Å². The maximum Gasteiger partial charge on any atom is 0.407 e. The molecule has 1 aliphatic rings. The van der Waals surface area contributed by atoms with E-state index in [0.29, 0.717) is 24.5 Å².